The lowest BCUT2D eigenvalue weighted by Crippen LogP contribution is -2.11. The fourth-order valence-electron chi connectivity index (χ4n) is 3.53. The number of hydrogen-bond donors (Lipinski definition) is 0. The first kappa shape index (κ1) is 21.7. The van der Waals surface area contributed by atoms with Crippen LogP contribution >= 0.6 is 0 Å². The van der Waals surface area contributed by atoms with Crippen LogP contribution in [0.3, 0.4) is 0 Å². The van der Waals surface area contributed by atoms with Gasteiger partial charge in [0.25, 0.3) is 0 Å². The highest BCUT2D eigenvalue weighted by Gasteiger charge is 2.38. The van der Waals surface area contributed by atoms with Crippen molar-refractivity contribution in [2.45, 2.75) is 6.18 Å². The van der Waals surface area contributed by atoms with Crippen molar-refractivity contribution in [3.63, 3.8) is 0 Å². The van der Waals surface area contributed by atoms with E-state index in [4.69, 9.17) is 4.74 Å². The molecule has 0 aliphatic carbocycles. The van der Waals surface area contributed by atoms with Gasteiger partial charge in [-0.05, 0) is 46.8 Å². The molecule has 0 radical (unpaired) electrons. The molecule has 0 aromatic heterocycles. The highest BCUT2D eigenvalue weighted by Crippen LogP contribution is 2.38. The summed E-state index contributed by atoms with van der Waals surface area (Å²) in [5.41, 5.74) is -1.37. The van der Waals surface area contributed by atoms with Crippen LogP contribution in [-0.4, -0.2) is 7.11 Å². The summed E-state index contributed by atoms with van der Waals surface area (Å²) in [6.45, 7) is 0. The molecule has 4 aromatic rings. The molecule has 0 unspecified atom stereocenters. The first-order valence-electron chi connectivity index (χ1n) is 9.23. The molecule has 0 N–H and O–H groups in total. The van der Waals surface area contributed by atoms with Gasteiger partial charge in [-0.15, -0.1) is 0 Å². The third-order valence-electron chi connectivity index (χ3n) is 5.08. The molecule has 0 amide bonds. The Hall–Kier alpha value is -3.55. The molecule has 164 valence electrons. The van der Waals surface area contributed by atoms with E-state index in [0.717, 1.165) is 18.2 Å². The van der Waals surface area contributed by atoms with Crippen molar-refractivity contribution < 1.29 is 35.5 Å². The minimum atomic E-state index is -5.19. The van der Waals surface area contributed by atoms with Crippen LogP contribution in [0.25, 0.3) is 33.0 Å². The lowest BCUT2D eigenvalue weighted by molar-refractivity contribution is -0.142. The second kappa shape index (κ2) is 7.85. The molecule has 32 heavy (non-hydrogen) atoms. The SMILES string of the molecule is COc1ccc(-c2ccc(-c3ccc4c(F)c(C(F)(F)F)c(F)cc4c3)c(F)c2)c(F)c1. The van der Waals surface area contributed by atoms with Gasteiger partial charge in [0.1, 0.15) is 34.6 Å². The van der Waals surface area contributed by atoms with Crippen LogP contribution in [0.1, 0.15) is 5.56 Å². The monoisotopic (exact) mass is 450 g/mol. The molecule has 4 aromatic carbocycles. The molecule has 0 bridgehead atoms. The molecule has 0 fully saturated rings. The summed E-state index contributed by atoms with van der Waals surface area (Å²) in [4.78, 5) is 0. The van der Waals surface area contributed by atoms with Crippen LogP contribution in [-0.2, 0) is 6.18 Å². The minimum absolute atomic E-state index is 0.0327. The number of halogens is 7. The first-order chi connectivity index (χ1) is 15.1. The maximum Gasteiger partial charge on any atom is 0.422 e. The van der Waals surface area contributed by atoms with Crippen molar-refractivity contribution in [1.29, 1.82) is 0 Å². The average molecular weight is 450 g/mol. The van der Waals surface area contributed by atoms with Gasteiger partial charge in [0, 0.05) is 22.6 Å². The number of hydrogen-bond acceptors (Lipinski definition) is 1. The Kier molecular flexibility index (Phi) is 5.32. The van der Waals surface area contributed by atoms with Gasteiger partial charge in [-0.2, -0.15) is 13.2 Å². The quantitative estimate of drug-likeness (QED) is 0.290. The summed E-state index contributed by atoms with van der Waals surface area (Å²) in [5, 5.41) is -0.602. The molecule has 0 aliphatic heterocycles. The summed E-state index contributed by atoms with van der Waals surface area (Å²) >= 11 is 0. The van der Waals surface area contributed by atoms with Crippen molar-refractivity contribution >= 4 is 10.8 Å². The second-order valence-electron chi connectivity index (χ2n) is 7.02. The lowest BCUT2D eigenvalue weighted by Gasteiger charge is -2.13. The maximum absolute atomic E-state index is 14.8. The lowest BCUT2D eigenvalue weighted by atomic mass is 9.96. The number of alkyl halides is 3. The predicted octanol–water partition coefficient (Wildman–Crippen LogP) is 7.76. The van der Waals surface area contributed by atoms with Gasteiger partial charge in [-0.3, -0.25) is 0 Å². The zero-order chi connectivity index (χ0) is 23.2. The number of ether oxygens (including phenoxy) is 1. The zero-order valence-corrected chi connectivity index (χ0v) is 16.3. The Balaban J connectivity index is 1.78. The molecule has 0 atom stereocenters. The normalized spacial score (nSPS) is 11.8. The van der Waals surface area contributed by atoms with Crippen molar-refractivity contribution in [2.75, 3.05) is 7.11 Å². The molecule has 0 saturated heterocycles. The fourth-order valence-corrected chi connectivity index (χ4v) is 3.53. The van der Waals surface area contributed by atoms with E-state index in [9.17, 15) is 30.7 Å². The number of fused-ring (bicyclic) bond motifs is 1. The molecule has 8 heteroatoms. The molecular weight excluding hydrogens is 437 g/mol. The highest BCUT2D eigenvalue weighted by atomic mass is 19.4. The van der Waals surface area contributed by atoms with Crippen LogP contribution in [0.4, 0.5) is 30.7 Å². The Morgan fingerprint density at radius 3 is 1.84 bits per heavy atom. The fraction of sp³-hybridized carbons (Fsp3) is 0.0833. The Labute approximate surface area is 177 Å². The van der Waals surface area contributed by atoms with Gasteiger partial charge < -0.3 is 4.74 Å². The first-order valence-corrected chi connectivity index (χ1v) is 9.23. The molecule has 0 aliphatic rings. The van der Waals surface area contributed by atoms with Gasteiger partial charge in [0.15, 0.2) is 0 Å². The smallest absolute Gasteiger partial charge is 0.422 e. The highest BCUT2D eigenvalue weighted by molar-refractivity contribution is 5.89. The Bertz CT molecular complexity index is 1340. The van der Waals surface area contributed by atoms with Crippen LogP contribution in [0.15, 0.2) is 60.7 Å². The third-order valence-corrected chi connectivity index (χ3v) is 5.08. The summed E-state index contributed by atoms with van der Waals surface area (Å²) in [6.07, 6.45) is -5.19. The van der Waals surface area contributed by atoms with E-state index in [2.05, 4.69) is 0 Å². The third kappa shape index (κ3) is 3.77. The molecule has 4 rings (SSSR count). The van der Waals surface area contributed by atoms with Crippen molar-refractivity contribution in [1.82, 2.24) is 0 Å². The molecule has 0 heterocycles. The predicted molar refractivity (Wildman–Crippen MR) is 106 cm³/mol. The van der Waals surface area contributed by atoms with Crippen molar-refractivity contribution in [3.8, 4) is 28.0 Å². The maximum atomic E-state index is 14.8. The Morgan fingerprint density at radius 2 is 1.25 bits per heavy atom. The molecular formula is C24H13F7O. The number of methoxy groups -OCH3 is 1. The van der Waals surface area contributed by atoms with E-state index >= 15 is 0 Å². The van der Waals surface area contributed by atoms with Gasteiger partial charge in [-0.1, -0.05) is 24.3 Å². The van der Waals surface area contributed by atoms with Crippen LogP contribution in [0, 0.1) is 23.3 Å². The number of benzene rings is 4. The van der Waals surface area contributed by atoms with Crippen LogP contribution in [0.5, 0.6) is 5.75 Å². The molecule has 0 spiro atoms. The van der Waals surface area contributed by atoms with Gasteiger partial charge in [0.05, 0.1) is 7.11 Å². The largest absolute Gasteiger partial charge is 0.497 e. The van der Waals surface area contributed by atoms with E-state index < -0.39 is 40.4 Å². The van der Waals surface area contributed by atoms with Gasteiger partial charge in [0.2, 0.25) is 0 Å². The van der Waals surface area contributed by atoms with Crippen LogP contribution < -0.4 is 4.74 Å². The average Bonchev–Trinajstić information content (AvgIpc) is 2.72. The topological polar surface area (TPSA) is 9.23 Å². The number of rotatable bonds is 3. The molecule has 1 nitrogen and oxygen atoms in total. The van der Waals surface area contributed by atoms with E-state index in [1.807, 2.05) is 0 Å². The standard InChI is InChI=1S/C24H13F7O/c1-32-15-4-7-17(20(26)11-15)13-2-5-16(19(25)9-13)12-3-6-18-14(8-12)10-21(27)22(23(18)28)24(29,30)31/h2-11H,1H3. The minimum Gasteiger partial charge on any atom is -0.497 e. The molecule has 0 saturated carbocycles. The van der Waals surface area contributed by atoms with E-state index in [1.165, 1.54) is 43.5 Å². The van der Waals surface area contributed by atoms with E-state index in [-0.39, 0.29) is 27.6 Å². The summed E-state index contributed by atoms with van der Waals surface area (Å²) in [5.74, 6) is -4.55. The van der Waals surface area contributed by atoms with Crippen LogP contribution in [0.2, 0.25) is 0 Å². The summed E-state index contributed by atoms with van der Waals surface area (Å²) in [7, 11) is 1.38. The van der Waals surface area contributed by atoms with Crippen molar-refractivity contribution in [3.05, 3.63) is 89.5 Å². The summed E-state index contributed by atoms with van der Waals surface area (Å²) < 4.78 is 101. The Morgan fingerprint density at radius 1 is 0.656 bits per heavy atom. The zero-order valence-electron chi connectivity index (χ0n) is 16.3. The second-order valence-corrected chi connectivity index (χ2v) is 7.02. The van der Waals surface area contributed by atoms with Gasteiger partial charge in [-0.25, -0.2) is 17.6 Å². The van der Waals surface area contributed by atoms with E-state index in [1.54, 1.807) is 0 Å². The summed E-state index contributed by atoms with van der Waals surface area (Å²) in [6, 6.07) is 12.0. The van der Waals surface area contributed by atoms with Gasteiger partial charge >= 0.3 is 6.18 Å². The van der Waals surface area contributed by atoms with Crippen molar-refractivity contribution in [2.24, 2.45) is 0 Å². The van der Waals surface area contributed by atoms with E-state index in [0.29, 0.717) is 11.8 Å².